The number of hydrogen-bond acceptors (Lipinski definition) is 6. The normalized spacial score (nSPS) is 31.8. The van der Waals surface area contributed by atoms with Gasteiger partial charge in [-0.1, -0.05) is 23.7 Å². The molecule has 0 spiro atoms. The lowest BCUT2D eigenvalue weighted by molar-refractivity contribution is -0.352. The van der Waals surface area contributed by atoms with Gasteiger partial charge in [-0.3, -0.25) is 9.53 Å². The first-order chi connectivity index (χ1) is 15.0. The highest BCUT2D eigenvalue weighted by Crippen LogP contribution is 2.67. The summed E-state index contributed by atoms with van der Waals surface area (Å²) in [5.41, 5.74) is 0.0165. The Bertz CT molecular complexity index is 1000. The first kappa shape index (κ1) is 21.7. The number of carbonyl (C=O) groups excluding carboxylic acids is 1. The van der Waals surface area contributed by atoms with E-state index >= 15 is 0 Å². The molecule has 1 amide bonds. The van der Waals surface area contributed by atoms with Crippen LogP contribution in [0.5, 0.6) is 0 Å². The number of rotatable bonds is 7. The average Bonchev–Trinajstić information content (AvgIpc) is 3.08. The van der Waals surface area contributed by atoms with E-state index < -0.39 is 18.6 Å². The third-order valence-corrected chi connectivity index (χ3v) is 6.96. The van der Waals surface area contributed by atoms with Crippen LogP contribution in [0.4, 0.5) is 13.2 Å². The van der Waals surface area contributed by atoms with Gasteiger partial charge in [0.15, 0.2) is 0 Å². The molecule has 32 heavy (non-hydrogen) atoms. The van der Waals surface area contributed by atoms with Crippen molar-refractivity contribution in [3.8, 4) is 0 Å². The van der Waals surface area contributed by atoms with Crippen LogP contribution >= 0.6 is 11.6 Å². The van der Waals surface area contributed by atoms with Gasteiger partial charge < -0.3 is 14.8 Å². The molecule has 1 aromatic carbocycles. The van der Waals surface area contributed by atoms with E-state index in [9.17, 15) is 23.1 Å². The Kier molecular flexibility index (Phi) is 5.03. The minimum atomic E-state index is -4.63. The molecule has 2 N–H and O–H groups in total. The zero-order chi connectivity index (χ0) is 22.7. The fraction of sp³-hybridized carbons (Fsp3) is 0.571. The highest BCUT2D eigenvalue weighted by Gasteiger charge is 2.71. The maximum absolute atomic E-state index is 12.4. The molecular formula is C21H21ClF3N3O4. The zero-order valence-electron chi connectivity index (χ0n) is 16.9. The number of aromatic nitrogens is 2. The molecule has 0 aliphatic heterocycles. The van der Waals surface area contributed by atoms with Crippen molar-refractivity contribution < 1.29 is 32.2 Å². The van der Waals surface area contributed by atoms with Crippen LogP contribution in [0, 0.1) is 0 Å². The Labute approximate surface area is 186 Å². The molecule has 7 nitrogen and oxygen atoms in total. The Hall–Kier alpha value is -2.17. The molecule has 1 aromatic heterocycles. The van der Waals surface area contributed by atoms with Crippen LogP contribution < -0.4 is 5.32 Å². The summed E-state index contributed by atoms with van der Waals surface area (Å²) in [6.07, 6.45) is -4.09. The Morgan fingerprint density at radius 2 is 1.91 bits per heavy atom. The smallest absolute Gasteiger partial charge is 0.424 e. The number of alkyl halides is 3. The summed E-state index contributed by atoms with van der Waals surface area (Å²) in [6, 6.07) is 6.69. The lowest BCUT2D eigenvalue weighted by Gasteiger charge is -2.68. The Morgan fingerprint density at radius 3 is 2.53 bits per heavy atom. The van der Waals surface area contributed by atoms with E-state index in [1.165, 1.54) is 0 Å². The number of ether oxygens (including phenoxy) is 1. The maximum Gasteiger partial charge on any atom is 0.522 e. The van der Waals surface area contributed by atoms with Crippen molar-refractivity contribution in [2.45, 2.75) is 74.0 Å². The summed E-state index contributed by atoms with van der Waals surface area (Å²) >= 11 is 5.84. The van der Waals surface area contributed by atoms with E-state index in [-0.39, 0.29) is 42.0 Å². The molecule has 4 aliphatic carbocycles. The van der Waals surface area contributed by atoms with Crippen molar-refractivity contribution in [1.29, 1.82) is 0 Å². The number of halogens is 4. The zero-order valence-corrected chi connectivity index (χ0v) is 17.6. The summed E-state index contributed by atoms with van der Waals surface area (Å²) in [6.45, 7) is 0. The lowest BCUT2D eigenvalue weighted by Crippen LogP contribution is -2.76. The fourth-order valence-electron chi connectivity index (χ4n) is 5.14. The highest BCUT2D eigenvalue weighted by molar-refractivity contribution is 6.30. The van der Waals surface area contributed by atoms with Crippen molar-refractivity contribution in [3.05, 3.63) is 46.6 Å². The van der Waals surface area contributed by atoms with Crippen molar-refractivity contribution in [3.63, 3.8) is 0 Å². The molecule has 2 aromatic rings. The van der Waals surface area contributed by atoms with E-state index in [4.69, 9.17) is 16.0 Å². The van der Waals surface area contributed by atoms with Gasteiger partial charge in [0.05, 0.1) is 24.0 Å². The minimum Gasteiger partial charge on any atom is -0.424 e. The first-order valence-corrected chi connectivity index (χ1v) is 10.8. The SMILES string of the molecule is O=C(C[C@@H](O)c1ccc(Cl)cc1)NC12CC(c3nnc(C4CC(OC(F)(F)F)C4)o3)(C1)C2. The molecule has 2 bridgehead atoms. The second-order valence-corrected chi connectivity index (χ2v) is 9.65. The van der Waals surface area contributed by atoms with Gasteiger partial charge in [0, 0.05) is 16.5 Å². The van der Waals surface area contributed by atoms with Crippen LogP contribution in [0.2, 0.25) is 5.02 Å². The van der Waals surface area contributed by atoms with Gasteiger partial charge in [-0.2, -0.15) is 0 Å². The molecule has 172 valence electrons. The number of benzene rings is 1. The number of aliphatic hydroxyl groups is 1. The monoisotopic (exact) mass is 471 g/mol. The van der Waals surface area contributed by atoms with Gasteiger partial charge in [-0.25, -0.2) is 0 Å². The van der Waals surface area contributed by atoms with Crippen LogP contribution in [0.25, 0.3) is 0 Å². The topological polar surface area (TPSA) is 97.5 Å². The van der Waals surface area contributed by atoms with E-state index in [1.807, 2.05) is 0 Å². The summed E-state index contributed by atoms with van der Waals surface area (Å²) < 4.78 is 46.5. The molecular weight excluding hydrogens is 451 g/mol. The van der Waals surface area contributed by atoms with Crippen LogP contribution in [0.15, 0.2) is 28.7 Å². The molecule has 0 saturated heterocycles. The minimum absolute atomic E-state index is 0.0517. The van der Waals surface area contributed by atoms with E-state index in [0.29, 0.717) is 41.6 Å². The van der Waals surface area contributed by atoms with Crippen molar-refractivity contribution in [1.82, 2.24) is 15.5 Å². The number of aliphatic hydroxyl groups excluding tert-OH is 1. The number of nitrogens with one attached hydrogen (secondary N) is 1. The molecule has 6 rings (SSSR count). The van der Waals surface area contributed by atoms with Crippen molar-refractivity contribution >= 4 is 17.5 Å². The van der Waals surface area contributed by atoms with Crippen LogP contribution in [0.1, 0.15) is 67.9 Å². The van der Waals surface area contributed by atoms with E-state index in [0.717, 1.165) is 0 Å². The molecule has 11 heteroatoms. The molecule has 1 heterocycles. The standard InChI is InChI=1S/C21H21ClF3N3O4/c22-13-3-1-11(2-4-13)15(29)7-16(30)26-20-8-19(9-20,10-20)18-28-27-17(31-18)12-5-14(6-12)32-21(23,24)25/h1-4,12,14-15,29H,5-10H2,(H,26,30)/t12?,14?,15-,19?,20?/m1/s1. The average molecular weight is 472 g/mol. The third-order valence-electron chi connectivity index (χ3n) is 6.71. The number of nitrogens with zero attached hydrogens (tertiary/aromatic N) is 2. The van der Waals surface area contributed by atoms with Gasteiger partial charge in [0.1, 0.15) is 0 Å². The summed E-state index contributed by atoms with van der Waals surface area (Å²) in [5, 5.41) is 22.0. The predicted octanol–water partition coefficient (Wildman–Crippen LogP) is 3.92. The molecule has 0 radical (unpaired) electrons. The van der Waals surface area contributed by atoms with E-state index in [1.54, 1.807) is 24.3 Å². The summed E-state index contributed by atoms with van der Waals surface area (Å²) in [4.78, 5) is 12.4. The highest BCUT2D eigenvalue weighted by atomic mass is 35.5. The lowest BCUT2D eigenvalue weighted by atomic mass is 9.39. The third kappa shape index (κ3) is 3.99. The molecule has 0 unspecified atom stereocenters. The van der Waals surface area contributed by atoms with Gasteiger partial charge in [-0.05, 0) is 49.8 Å². The number of amides is 1. The molecule has 4 aliphatic rings. The predicted molar refractivity (Wildman–Crippen MR) is 105 cm³/mol. The Balaban J connectivity index is 1.10. The van der Waals surface area contributed by atoms with Gasteiger partial charge >= 0.3 is 6.36 Å². The number of carbonyl (C=O) groups is 1. The van der Waals surface area contributed by atoms with Crippen LogP contribution in [0.3, 0.4) is 0 Å². The quantitative estimate of drug-likeness (QED) is 0.635. The van der Waals surface area contributed by atoms with Crippen LogP contribution in [-0.2, 0) is 14.9 Å². The number of hydrogen-bond donors (Lipinski definition) is 2. The van der Waals surface area contributed by atoms with Crippen LogP contribution in [-0.4, -0.2) is 39.2 Å². The molecule has 4 saturated carbocycles. The second-order valence-electron chi connectivity index (χ2n) is 9.21. The largest absolute Gasteiger partial charge is 0.522 e. The van der Waals surface area contributed by atoms with Gasteiger partial charge in [-0.15, -0.1) is 23.4 Å². The van der Waals surface area contributed by atoms with Crippen molar-refractivity contribution in [2.24, 2.45) is 0 Å². The Morgan fingerprint density at radius 1 is 1.25 bits per heavy atom. The van der Waals surface area contributed by atoms with E-state index in [2.05, 4.69) is 20.3 Å². The molecule has 1 atom stereocenters. The second kappa shape index (κ2) is 7.43. The van der Waals surface area contributed by atoms with Gasteiger partial charge in [0.2, 0.25) is 17.7 Å². The maximum atomic E-state index is 12.4. The fourth-order valence-corrected chi connectivity index (χ4v) is 5.26. The first-order valence-electron chi connectivity index (χ1n) is 10.4. The van der Waals surface area contributed by atoms with Crippen molar-refractivity contribution in [2.75, 3.05) is 0 Å². The summed E-state index contributed by atoms with van der Waals surface area (Å²) in [7, 11) is 0. The summed E-state index contributed by atoms with van der Waals surface area (Å²) in [5.74, 6) is 0.358. The van der Waals surface area contributed by atoms with Gasteiger partial charge in [0.25, 0.3) is 0 Å². The molecule has 4 fully saturated rings.